The second-order valence-electron chi connectivity index (χ2n) is 2.22. The number of hydrogen-bond acceptors (Lipinski definition) is 1. The molecule has 0 radical (unpaired) electrons. The number of allylic oxidation sites excluding steroid dienone is 2. The van der Waals surface area contributed by atoms with Crippen LogP contribution >= 0.6 is 0 Å². The molecule has 0 aromatic carbocycles. The first-order chi connectivity index (χ1) is 4.97. The van der Waals surface area contributed by atoms with Crippen LogP contribution < -0.4 is 0 Å². The summed E-state index contributed by atoms with van der Waals surface area (Å²) >= 11 is 0. The predicted molar refractivity (Wildman–Crippen MR) is 41.2 cm³/mol. The minimum absolute atomic E-state index is 1.00. The lowest BCUT2D eigenvalue weighted by Crippen LogP contribution is -1.88. The van der Waals surface area contributed by atoms with Crippen molar-refractivity contribution >= 4 is 12.3 Å². The Morgan fingerprint density at radius 2 is 2.40 bits per heavy atom. The fraction of sp³-hybridized carbons (Fsp3) is 0.125. The fourth-order valence-electron chi connectivity index (χ4n) is 1.01. The highest BCUT2D eigenvalue weighted by Gasteiger charge is 1.95. The third-order valence-corrected chi connectivity index (χ3v) is 1.51. The number of hydrogen-bond donors (Lipinski definition) is 0. The lowest BCUT2D eigenvalue weighted by atomic mass is 10.3. The zero-order valence-electron chi connectivity index (χ0n) is 5.57. The molecule has 0 bridgehead atoms. The van der Waals surface area contributed by atoms with Gasteiger partial charge in [-0.25, -0.2) is 4.68 Å². The topological polar surface area (TPSA) is 17.8 Å². The Morgan fingerprint density at radius 3 is 3.40 bits per heavy atom. The minimum Gasteiger partial charge on any atom is -0.241 e. The van der Waals surface area contributed by atoms with Crippen molar-refractivity contribution in [1.29, 1.82) is 0 Å². The molecule has 2 rings (SSSR count). The van der Waals surface area contributed by atoms with Gasteiger partial charge in [0.15, 0.2) is 0 Å². The molecular weight excluding hydrogens is 124 g/mol. The normalized spacial score (nSPS) is 14.8. The highest BCUT2D eigenvalue weighted by Crippen LogP contribution is 2.06. The zero-order valence-corrected chi connectivity index (χ0v) is 5.57. The lowest BCUT2D eigenvalue weighted by Gasteiger charge is -1.91. The molecule has 0 unspecified atom stereocenters. The Morgan fingerprint density at radius 1 is 1.40 bits per heavy atom. The van der Waals surface area contributed by atoms with Gasteiger partial charge in [0.1, 0.15) is 0 Å². The van der Waals surface area contributed by atoms with Gasteiger partial charge >= 0.3 is 0 Å². The predicted octanol–water partition coefficient (Wildman–Crippen LogP) is 1.77. The summed E-state index contributed by atoms with van der Waals surface area (Å²) in [5, 5.41) is 4.10. The van der Waals surface area contributed by atoms with Gasteiger partial charge in [-0.2, -0.15) is 5.10 Å². The van der Waals surface area contributed by atoms with Gasteiger partial charge in [-0.3, -0.25) is 0 Å². The van der Waals surface area contributed by atoms with E-state index in [1.54, 1.807) is 6.20 Å². The molecule has 0 saturated carbocycles. The molecule has 1 aromatic rings. The summed E-state index contributed by atoms with van der Waals surface area (Å²) in [4.78, 5) is 0. The van der Waals surface area contributed by atoms with Crippen LogP contribution in [0.4, 0.5) is 0 Å². The Hall–Kier alpha value is -1.31. The molecule has 10 heavy (non-hydrogen) atoms. The molecule has 0 aliphatic carbocycles. The number of nitrogens with zero attached hydrogens (tertiary/aromatic N) is 2. The molecule has 2 nitrogen and oxygen atoms in total. The number of fused-ring (bicyclic) bond motifs is 1. The third-order valence-electron chi connectivity index (χ3n) is 1.51. The van der Waals surface area contributed by atoms with E-state index in [0.29, 0.717) is 0 Å². The smallest absolute Gasteiger partial charge is 0.0658 e. The van der Waals surface area contributed by atoms with Gasteiger partial charge in [0, 0.05) is 12.4 Å². The monoisotopic (exact) mass is 132 g/mol. The number of aromatic nitrogens is 2. The summed E-state index contributed by atoms with van der Waals surface area (Å²) in [5.74, 6) is 0. The number of rotatable bonds is 0. The maximum atomic E-state index is 4.10. The van der Waals surface area contributed by atoms with E-state index in [2.05, 4.69) is 23.3 Å². The van der Waals surface area contributed by atoms with Crippen molar-refractivity contribution < 1.29 is 0 Å². The quantitative estimate of drug-likeness (QED) is 0.526. The molecule has 2 heterocycles. The van der Waals surface area contributed by atoms with Gasteiger partial charge in [-0.15, -0.1) is 0 Å². The summed E-state index contributed by atoms with van der Waals surface area (Å²) in [6, 6.07) is 1.99. The molecule has 0 atom stereocenters. The largest absolute Gasteiger partial charge is 0.241 e. The van der Waals surface area contributed by atoms with E-state index in [0.717, 1.165) is 12.1 Å². The van der Waals surface area contributed by atoms with Crippen LogP contribution in [0.25, 0.3) is 12.3 Å². The molecule has 0 fully saturated rings. The standard InChI is InChI=1S/C8H8N2/c1-2-4-8-5-6-9-10(8)7-3-1/h2-7H,1H2. The van der Waals surface area contributed by atoms with Crippen molar-refractivity contribution in [2.75, 3.05) is 0 Å². The summed E-state index contributed by atoms with van der Waals surface area (Å²) in [7, 11) is 0. The van der Waals surface area contributed by atoms with Crippen molar-refractivity contribution in [3.05, 3.63) is 30.1 Å². The molecule has 50 valence electrons. The Kier molecular flexibility index (Phi) is 1.17. The average Bonchev–Trinajstić information content (AvgIpc) is 2.28. The molecule has 2 heteroatoms. The zero-order chi connectivity index (χ0) is 6.81. The van der Waals surface area contributed by atoms with Gasteiger partial charge in [-0.1, -0.05) is 12.2 Å². The Labute approximate surface area is 59.5 Å². The summed E-state index contributed by atoms with van der Waals surface area (Å²) in [6.07, 6.45) is 11.1. The molecule has 0 spiro atoms. The molecule has 0 amide bonds. The van der Waals surface area contributed by atoms with Gasteiger partial charge < -0.3 is 0 Å². The first-order valence-corrected chi connectivity index (χ1v) is 3.33. The second kappa shape index (κ2) is 2.14. The van der Waals surface area contributed by atoms with Crippen LogP contribution in [0, 0.1) is 0 Å². The van der Waals surface area contributed by atoms with E-state index in [9.17, 15) is 0 Å². The highest BCUT2D eigenvalue weighted by atomic mass is 15.3. The van der Waals surface area contributed by atoms with E-state index >= 15 is 0 Å². The van der Waals surface area contributed by atoms with Crippen LogP contribution in [0.5, 0.6) is 0 Å². The van der Waals surface area contributed by atoms with Crippen molar-refractivity contribution in [2.45, 2.75) is 6.42 Å². The van der Waals surface area contributed by atoms with Crippen molar-refractivity contribution in [2.24, 2.45) is 0 Å². The van der Waals surface area contributed by atoms with Gasteiger partial charge in [0.25, 0.3) is 0 Å². The van der Waals surface area contributed by atoms with Crippen LogP contribution in [0.3, 0.4) is 0 Å². The Bertz CT molecular complexity index is 255. The van der Waals surface area contributed by atoms with E-state index in [1.807, 2.05) is 16.9 Å². The first-order valence-electron chi connectivity index (χ1n) is 3.33. The van der Waals surface area contributed by atoms with Gasteiger partial charge in [0.2, 0.25) is 0 Å². The van der Waals surface area contributed by atoms with E-state index in [4.69, 9.17) is 0 Å². The van der Waals surface area contributed by atoms with Crippen LogP contribution in [-0.2, 0) is 0 Å². The van der Waals surface area contributed by atoms with Crippen molar-refractivity contribution in [1.82, 2.24) is 9.78 Å². The SMILES string of the molecule is C1=Cc2ccnn2C=CC1. The maximum Gasteiger partial charge on any atom is 0.0658 e. The highest BCUT2D eigenvalue weighted by molar-refractivity contribution is 5.50. The van der Waals surface area contributed by atoms with Gasteiger partial charge in [-0.05, 0) is 18.6 Å². The second-order valence-corrected chi connectivity index (χ2v) is 2.22. The molecule has 1 aromatic heterocycles. The fourth-order valence-corrected chi connectivity index (χ4v) is 1.01. The Balaban J connectivity index is 2.56. The first kappa shape index (κ1) is 5.47. The molecular formula is C8H8N2. The average molecular weight is 132 g/mol. The molecule has 0 saturated heterocycles. The summed E-state index contributed by atoms with van der Waals surface area (Å²) in [5.41, 5.74) is 1.15. The molecule has 1 aliphatic heterocycles. The van der Waals surface area contributed by atoms with Crippen LogP contribution in [0.15, 0.2) is 24.4 Å². The van der Waals surface area contributed by atoms with Crippen LogP contribution in [-0.4, -0.2) is 9.78 Å². The minimum atomic E-state index is 1.00. The summed E-state index contributed by atoms with van der Waals surface area (Å²) in [6.45, 7) is 0. The lowest BCUT2D eigenvalue weighted by molar-refractivity contribution is 0.925. The maximum absolute atomic E-state index is 4.10. The molecule has 0 N–H and O–H groups in total. The van der Waals surface area contributed by atoms with Gasteiger partial charge in [0.05, 0.1) is 5.69 Å². The third kappa shape index (κ3) is 0.778. The van der Waals surface area contributed by atoms with E-state index < -0.39 is 0 Å². The van der Waals surface area contributed by atoms with Crippen LogP contribution in [0.1, 0.15) is 12.1 Å². The molecule has 1 aliphatic rings. The summed E-state index contributed by atoms with van der Waals surface area (Å²) < 4.78 is 1.86. The van der Waals surface area contributed by atoms with Crippen LogP contribution in [0.2, 0.25) is 0 Å². The van der Waals surface area contributed by atoms with E-state index in [-0.39, 0.29) is 0 Å². The van der Waals surface area contributed by atoms with Crippen molar-refractivity contribution in [3.63, 3.8) is 0 Å². The van der Waals surface area contributed by atoms with E-state index in [1.165, 1.54) is 0 Å². The van der Waals surface area contributed by atoms with Crippen molar-refractivity contribution in [3.8, 4) is 0 Å².